The third-order valence-corrected chi connectivity index (χ3v) is 5.74. The van der Waals surface area contributed by atoms with Crippen molar-refractivity contribution in [3.8, 4) is 0 Å². The van der Waals surface area contributed by atoms with Crippen molar-refractivity contribution in [2.75, 3.05) is 6.54 Å². The molecule has 2 amide bonds. The Balaban J connectivity index is 2.26. The summed E-state index contributed by atoms with van der Waals surface area (Å²) in [6.45, 7) is 6.65. The van der Waals surface area contributed by atoms with E-state index >= 15 is 0 Å². The summed E-state index contributed by atoms with van der Waals surface area (Å²) in [5.74, 6) is -0.0757. The Kier molecular flexibility index (Phi) is 9.00. The van der Waals surface area contributed by atoms with Gasteiger partial charge in [-0.1, -0.05) is 71.2 Å². The van der Waals surface area contributed by atoms with E-state index < -0.39 is 6.04 Å². The molecule has 2 aromatic carbocycles. The van der Waals surface area contributed by atoms with E-state index in [-0.39, 0.29) is 18.2 Å². The molecule has 29 heavy (non-hydrogen) atoms. The van der Waals surface area contributed by atoms with Crippen LogP contribution < -0.4 is 5.32 Å². The lowest BCUT2D eigenvalue weighted by molar-refractivity contribution is -0.140. The zero-order chi connectivity index (χ0) is 21.6. The van der Waals surface area contributed by atoms with Crippen molar-refractivity contribution in [2.45, 2.75) is 39.8 Å². The van der Waals surface area contributed by atoms with Crippen LogP contribution in [0.15, 0.2) is 46.9 Å². The van der Waals surface area contributed by atoms with Crippen molar-refractivity contribution in [1.29, 1.82) is 0 Å². The van der Waals surface area contributed by atoms with Gasteiger partial charge in [-0.2, -0.15) is 0 Å². The maximum absolute atomic E-state index is 13.2. The Morgan fingerprint density at radius 2 is 1.62 bits per heavy atom. The van der Waals surface area contributed by atoms with Crippen molar-refractivity contribution >= 4 is 50.9 Å². The highest BCUT2D eigenvalue weighted by molar-refractivity contribution is 9.10. The quantitative estimate of drug-likeness (QED) is 0.522. The van der Waals surface area contributed by atoms with Gasteiger partial charge in [0.05, 0.1) is 6.42 Å². The molecule has 1 atom stereocenters. The van der Waals surface area contributed by atoms with Crippen LogP contribution in [0.1, 0.15) is 31.9 Å². The third-order valence-electron chi connectivity index (χ3n) is 4.51. The van der Waals surface area contributed by atoms with Gasteiger partial charge in [-0.15, -0.1) is 0 Å². The Labute approximate surface area is 190 Å². The van der Waals surface area contributed by atoms with E-state index in [1.54, 1.807) is 30.0 Å². The molecule has 0 saturated heterocycles. The zero-order valence-electron chi connectivity index (χ0n) is 16.7. The van der Waals surface area contributed by atoms with Gasteiger partial charge in [0, 0.05) is 27.6 Å². The van der Waals surface area contributed by atoms with Crippen LogP contribution in [-0.4, -0.2) is 29.3 Å². The molecule has 0 aliphatic heterocycles. The van der Waals surface area contributed by atoms with Crippen molar-refractivity contribution in [1.82, 2.24) is 10.2 Å². The van der Waals surface area contributed by atoms with E-state index in [9.17, 15) is 9.59 Å². The first kappa shape index (κ1) is 23.7. The van der Waals surface area contributed by atoms with E-state index in [4.69, 9.17) is 23.2 Å². The number of amides is 2. The van der Waals surface area contributed by atoms with Gasteiger partial charge in [0.2, 0.25) is 11.8 Å². The van der Waals surface area contributed by atoms with Gasteiger partial charge in [0.25, 0.3) is 0 Å². The van der Waals surface area contributed by atoms with Crippen LogP contribution in [0.25, 0.3) is 0 Å². The summed E-state index contributed by atoms with van der Waals surface area (Å²) in [6.07, 6.45) is 0.0246. The minimum absolute atomic E-state index is 0.0246. The molecule has 2 aromatic rings. The Morgan fingerprint density at radius 3 is 2.17 bits per heavy atom. The first-order valence-corrected chi connectivity index (χ1v) is 11.0. The fraction of sp³-hybridized carbons (Fsp3) is 0.364. The summed E-state index contributed by atoms with van der Waals surface area (Å²) in [4.78, 5) is 27.4. The molecule has 0 unspecified atom stereocenters. The molecule has 0 aliphatic rings. The lowest BCUT2D eigenvalue weighted by atomic mass is 10.1. The predicted molar refractivity (Wildman–Crippen MR) is 122 cm³/mol. The molecule has 0 bridgehead atoms. The summed E-state index contributed by atoms with van der Waals surface area (Å²) in [7, 11) is 0. The van der Waals surface area contributed by atoms with Crippen LogP contribution in [0.2, 0.25) is 10.0 Å². The highest BCUT2D eigenvalue weighted by atomic mass is 79.9. The molecule has 0 aliphatic carbocycles. The average molecular weight is 500 g/mol. The molecule has 2 rings (SSSR count). The van der Waals surface area contributed by atoms with Crippen molar-refractivity contribution in [3.63, 3.8) is 0 Å². The molecule has 7 heteroatoms. The minimum atomic E-state index is -0.633. The predicted octanol–water partition coefficient (Wildman–Crippen LogP) is 5.49. The number of hydrogen-bond donors (Lipinski definition) is 1. The van der Waals surface area contributed by atoms with Crippen LogP contribution in [0.5, 0.6) is 0 Å². The molecule has 0 saturated carbocycles. The van der Waals surface area contributed by atoms with Gasteiger partial charge in [0.1, 0.15) is 6.04 Å². The number of benzene rings is 2. The first-order valence-electron chi connectivity index (χ1n) is 9.43. The molecule has 1 N–H and O–H groups in total. The third kappa shape index (κ3) is 7.02. The SMILES string of the molecule is CC(C)CNC(=O)[C@@H](C)N(Cc1ccc(Br)cc1)C(=O)Cc1c(Cl)cccc1Cl. The molecule has 0 radical (unpaired) electrons. The van der Waals surface area contributed by atoms with Gasteiger partial charge in [0.15, 0.2) is 0 Å². The van der Waals surface area contributed by atoms with Gasteiger partial charge < -0.3 is 10.2 Å². The van der Waals surface area contributed by atoms with Crippen LogP contribution in [0, 0.1) is 5.92 Å². The smallest absolute Gasteiger partial charge is 0.242 e. The van der Waals surface area contributed by atoms with Gasteiger partial charge in [-0.25, -0.2) is 0 Å². The highest BCUT2D eigenvalue weighted by Gasteiger charge is 2.27. The lowest BCUT2D eigenvalue weighted by Gasteiger charge is -2.29. The Hall–Kier alpha value is -1.56. The largest absolute Gasteiger partial charge is 0.354 e. The molecule has 0 fully saturated rings. The number of hydrogen-bond acceptors (Lipinski definition) is 2. The number of halogens is 3. The summed E-state index contributed by atoms with van der Waals surface area (Å²) in [5.41, 5.74) is 1.49. The van der Waals surface area contributed by atoms with E-state index in [1.807, 2.05) is 38.1 Å². The van der Waals surface area contributed by atoms with Gasteiger partial charge in [-0.3, -0.25) is 9.59 Å². The average Bonchev–Trinajstić information content (AvgIpc) is 2.67. The van der Waals surface area contributed by atoms with E-state index in [1.165, 1.54) is 0 Å². The molecule has 156 valence electrons. The molecular formula is C22H25BrCl2N2O2. The maximum Gasteiger partial charge on any atom is 0.242 e. The van der Waals surface area contributed by atoms with Crippen LogP contribution in [0.3, 0.4) is 0 Å². The number of carbonyl (C=O) groups is 2. The molecule has 4 nitrogen and oxygen atoms in total. The van der Waals surface area contributed by atoms with Crippen LogP contribution in [0.4, 0.5) is 0 Å². The van der Waals surface area contributed by atoms with Gasteiger partial charge >= 0.3 is 0 Å². The van der Waals surface area contributed by atoms with Crippen LogP contribution >= 0.6 is 39.1 Å². The van der Waals surface area contributed by atoms with E-state index in [0.29, 0.717) is 34.6 Å². The highest BCUT2D eigenvalue weighted by Crippen LogP contribution is 2.26. The van der Waals surface area contributed by atoms with Crippen LogP contribution in [-0.2, 0) is 22.6 Å². The first-order chi connectivity index (χ1) is 13.7. The van der Waals surface area contributed by atoms with Crippen molar-refractivity contribution < 1.29 is 9.59 Å². The molecular weight excluding hydrogens is 475 g/mol. The maximum atomic E-state index is 13.2. The summed E-state index contributed by atoms with van der Waals surface area (Å²) >= 11 is 15.9. The molecule has 0 aromatic heterocycles. The fourth-order valence-corrected chi connectivity index (χ4v) is 3.57. The Bertz CT molecular complexity index is 836. The number of rotatable bonds is 8. The minimum Gasteiger partial charge on any atom is -0.354 e. The van der Waals surface area contributed by atoms with E-state index in [2.05, 4.69) is 21.2 Å². The Morgan fingerprint density at radius 1 is 1.03 bits per heavy atom. The summed E-state index contributed by atoms with van der Waals surface area (Å²) < 4.78 is 0.949. The second-order valence-corrected chi connectivity index (χ2v) is 9.07. The van der Waals surface area contributed by atoms with Gasteiger partial charge in [-0.05, 0) is 48.2 Å². The summed E-state index contributed by atoms with van der Waals surface area (Å²) in [5, 5.41) is 3.78. The number of carbonyl (C=O) groups excluding carboxylic acids is 2. The van der Waals surface area contributed by atoms with Crippen molar-refractivity contribution in [2.24, 2.45) is 5.92 Å². The topological polar surface area (TPSA) is 49.4 Å². The summed E-state index contributed by atoms with van der Waals surface area (Å²) in [6, 6.07) is 12.2. The zero-order valence-corrected chi connectivity index (χ0v) is 19.8. The fourth-order valence-electron chi connectivity index (χ4n) is 2.78. The second kappa shape index (κ2) is 11.0. The normalized spacial score (nSPS) is 12.0. The number of nitrogens with one attached hydrogen (secondary N) is 1. The lowest BCUT2D eigenvalue weighted by Crippen LogP contribution is -2.48. The van der Waals surface area contributed by atoms with Crippen molar-refractivity contribution in [3.05, 3.63) is 68.1 Å². The van der Waals surface area contributed by atoms with E-state index in [0.717, 1.165) is 10.0 Å². The molecule has 0 heterocycles. The molecule has 0 spiro atoms. The standard InChI is InChI=1S/C22H25BrCl2N2O2/c1-14(2)12-26-22(29)15(3)27(13-16-7-9-17(23)10-8-16)21(28)11-18-19(24)5-4-6-20(18)25/h4-10,14-15H,11-13H2,1-3H3,(H,26,29)/t15-/m1/s1. The monoisotopic (exact) mass is 498 g/mol. The number of nitrogens with zero attached hydrogens (tertiary/aromatic N) is 1. The second-order valence-electron chi connectivity index (χ2n) is 7.34.